The van der Waals surface area contributed by atoms with Crippen LogP contribution in [0.4, 0.5) is 8.78 Å². The van der Waals surface area contributed by atoms with Gasteiger partial charge in [-0.25, -0.2) is 4.98 Å². The summed E-state index contributed by atoms with van der Waals surface area (Å²) >= 11 is 0. The molecule has 0 radical (unpaired) electrons. The molecular formula is C18H12F2N4. The molecule has 2 heterocycles. The van der Waals surface area contributed by atoms with Crippen LogP contribution in [0.3, 0.4) is 0 Å². The number of benzene rings is 2. The van der Waals surface area contributed by atoms with E-state index in [1.807, 2.05) is 24.3 Å². The number of nitrogens with zero attached hydrogens (tertiary/aromatic N) is 4. The van der Waals surface area contributed by atoms with Gasteiger partial charge in [0.25, 0.3) is 5.92 Å². The predicted molar refractivity (Wildman–Crippen MR) is 85.3 cm³/mol. The van der Waals surface area contributed by atoms with Crippen molar-refractivity contribution >= 4 is 16.7 Å². The highest BCUT2D eigenvalue weighted by molar-refractivity contribution is 6.13. The van der Waals surface area contributed by atoms with Crippen molar-refractivity contribution in [3.8, 4) is 0 Å². The lowest BCUT2D eigenvalue weighted by atomic mass is 9.88. The summed E-state index contributed by atoms with van der Waals surface area (Å²) in [6.45, 7) is 0. The van der Waals surface area contributed by atoms with Crippen molar-refractivity contribution in [1.29, 1.82) is 0 Å². The van der Waals surface area contributed by atoms with Crippen molar-refractivity contribution in [2.24, 2.45) is 4.99 Å². The average molecular weight is 322 g/mol. The molecule has 0 saturated heterocycles. The van der Waals surface area contributed by atoms with E-state index in [-0.39, 0.29) is 5.56 Å². The number of fused-ring (bicyclic) bond motifs is 2. The molecule has 0 bridgehead atoms. The predicted octanol–water partition coefficient (Wildman–Crippen LogP) is 3.50. The molecule has 0 amide bonds. The molecule has 2 aliphatic rings. The van der Waals surface area contributed by atoms with Crippen LogP contribution in [0.15, 0.2) is 53.5 Å². The lowest BCUT2D eigenvalue weighted by Crippen LogP contribution is -2.38. The molecule has 4 nitrogen and oxygen atoms in total. The molecule has 1 aliphatic heterocycles. The van der Waals surface area contributed by atoms with Gasteiger partial charge in [0.05, 0.1) is 5.52 Å². The Kier molecular flexibility index (Phi) is 2.51. The van der Waals surface area contributed by atoms with Gasteiger partial charge in [-0.2, -0.15) is 8.78 Å². The molecule has 1 fully saturated rings. The molecular weight excluding hydrogens is 310 g/mol. The Bertz CT molecular complexity index is 1010. The molecule has 0 N–H and O–H groups in total. The summed E-state index contributed by atoms with van der Waals surface area (Å²) in [7, 11) is 0. The highest BCUT2D eigenvalue weighted by Crippen LogP contribution is 2.59. The molecule has 24 heavy (non-hydrogen) atoms. The number of halogens is 2. The van der Waals surface area contributed by atoms with Gasteiger partial charge in [0.15, 0.2) is 0 Å². The zero-order valence-corrected chi connectivity index (χ0v) is 12.6. The van der Waals surface area contributed by atoms with Crippen LogP contribution in [0.5, 0.6) is 0 Å². The Morgan fingerprint density at radius 3 is 2.33 bits per heavy atom. The number of aromatic nitrogens is 3. The third-order valence-corrected chi connectivity index (χ3v) is 4.73. The van der Waals surface area contributed by atoms with Crippen LogP contribution in [-0.2, 0) is 5.92 Å². The largest absolute Gasteiger partial charge is 0.298 e. The van der Waals surface area contributed by atoms with Gasteiger partial charge in [-0.15, -0.1) is 10.2 Å². The van der Waals surface area contributed by atoms with E-state index >= 15 is 0 Å². The number of rotatable bonds is 1. The monoisotopic (exact) mass is 322 g/mol. The van der Waals surface area contributed by atoms with Crippen molar-refractivity contribution in [1.82, 2.24) is 15.2 Å². The minimum atomic E-state index is -2.96. The topological polar surface area (TPSA) is 51.0 Å². The van der Waals surface area contributed by atoms with E-state index in [1.165, 1.54) is 6.07 Å². The minimum absolute atomic E-state index is 0.00394. The zero-order chi connectivity index (χ0) is 16.4. The van der Waals surface area contributed by atoms with Crippen LogP contribution >= 0.6 is 0 Å². The van der Waals surface area contributed by atoms with Crippen LogP contribution in [-0.4, -0.2) is 26.4 Å². The van der Waals surface area contributed by atoms with E-state index in [2.05, 4.69) is 20.2 Å². The molecule has 1 aromatic heterocycles. The second kappa shape index (κ2) is 4.41. The number of para-hydroxylation sites is 1. The molecule has 0 unspecified atom stereocenters. The first-order valence-corrected chi connectivity index (χ1v) is 7.78. The van der Waals surface area contributed by atoms with E-state index in [0.29, 0.717) is 41.0 Å². The smallest absolute Gasteiger partial charge is 0.267 e. The Morgan fingerprint density at radius 1 is 0.833 bits per heavy atom. The van der Waals surface area contributed by atoms with Crippen molar-refractivity contribution in [2.45, 2.75) is 24.3 Å². The highest BCUT2D eigenvalue weighted by atomic mass is 19.3. The summed E-state index contributed by atoms with van der Waals surface area (Å²) in [5, 5.41) is 8.29. The molecule has 6 heteroatoms. The molecule has 1 aliphatic carbocycles. The lowest BCUT2D eigenvalue weighted by molar-refractivity contribution is -0.0432. The number of hydrogen-bond donors (Lipinski definition) is 0. The van der Waals surface area contributed by atoms with E-state index in [0.717, 1.165) is 0 Å². The molecule has 1 spiro atoms. The van der Waals surface area contributed by atoms with Crippen LogP contribution in [0.25, 0.3) is 11.0 Å². The van der Waals surface area contributed by atoms with E-state index < -0.39 is 11.5 Å². The van der Waals surface area contributed by atoms with Gasteiger partial charge in [0, 0.05) is 11.1 Å². The summed E-state index contributed by atoms with van der Waals surface area (Å²) in [5.41, 5.74) is 0.794. The second-order valence-electron chi connectivity index (χ2n) is 6.24. The Hall–Kier alpha value is -2.76. The maximum atomic E-state index is 14.8. The number of aliphatic imine (C=N–C) groups is 1. The highest BCUT2D eigenvalue weighted by Gasteiger charge is 2.66. The molecule has 2 aromatic carbocycles. The van der Waals surface area contributed by atoms with E-state index in [4.69, 9.17) is 0 Å². The average Bonchev–Trinajstić information content (AvgIpc) is 3.40. The maximum absolute atomic E-state index is 14.8. The molecule has 5 rings (SSSR count). The van der Waals surface area contributed by atoms with Gasteiger partial charge in [0.1, 0.15) is 16.8 Å². The zero-order valence-electron chi connectivity index (χ0n) is 12.6. The summed E-state index contributed by atoms with van der Waals surface area (Å²) in [6, 6.07) is 13.8. The van der Waals surface area contributed by atoms with Crippen LogP contribution in [0, 0.1) is 0 Å². The first-order chi connectivity index (χ1) is 11.6. The van der Waals surface area contributed by atoms with Gasteiger partial charge >= 0.3 is 0 Å². The van der Waals surface area contributed by atoms with Gasteiger partial charge < -0.3 is 0 Å². The van der Waals surface area contributed by atoms with Gasteiger partial charge in [0.2, 0.25) is 5.82 Å². The standard InChI is InChI=1S/C18H12F2N4/c19-18(20)12-6-2-1-5-11(12)15(22-17(18)9-10-17)16-21-13-7-3-4-8-14(13)23-24-16/h1-8H,9-10H2. The summed E-state index contributed by atoms with van der Waals surface area (Å²) in [5.74, 6) is -2.67. The Balaban J connectivity index is 1.76. The molecule has 1 saturated carbocycles. The minimum Gasteiger partial charge on any atom is -0.267 e. The normalized spacial score (nSPS) is 19.8. The van der Waals surface area contributed by atoms with Crippen LogP contribution < -0.4 is 0 Å². The van der Waals surface area contributed by atoms with Gasteiger partial charge in [-0.3, -0.25) is 4.99 Å². The third-order valence-electron chi connectivity index (χ3n) is 4.73. The van der Waals surface area contributed by atoms with Crippen molar-refractivity contribution in [2.75, 3.05) is 0 Å². The lowest BCUT2D eigenvalue weighted by Gasteiger charge is -2.31. The molecule has 118 valence electrons. The Morgan fingerprint density at radius 2 is 1.54 bits per heavy atom. The van der Waals surface area contributed by atoms with Crippen LogP contribution in [0.1, 0.15) is 29.8 Å². The fraction of sp³-hybridized carbons (Fsp3) is 0.222. The summed E-state index contributed by atoms with van der Waals surface area (Å²) in [6.07, 6.45) is 0.748. The first kappa shape index (κ1) is 13.7. The third kappa shape index (κ3) is 1.71. The van der Waals surface area contributed by atoms with Crippen LogP contribution in [0.2, 0.25) is 0 Å². The SMILES string of the molecule is FC1(F)c2ccccc2C(c2nnc3ccccc3n2)=NC12CC2. The van der Waals surface area contributed by atoms with E-state index in [1.54, 1.807) is 18.2 Å². The fourth-order valence-electron chi connectivity index (χ4n) is 3.25. The van der Waals surface area contributed by atoms with Gasteiger partial charge in [-0.1, -0.05) is 36.4 Å². The fourth-order valence-corrected chi connectivity index (χ4v) is 3.25. The van der Waals surface area contributed by atoms with E-state index in [9.17, 15) is 8.78 Å². The molecule has 0 atom stereocenters. The second-order valence-corrected chi connectivity index (χ2v) is 6.24. The quantitative estimate of drug-likeness (QED) is 0.689. The number of alkyl halides is 2. The van der Waals surface area contributed by atoms with Crippen molar-refractivity contribution in [3.05, 3.63) is 65.5 Å². The summed E-state index contributed by atoms with van der Waals surface area (Å²) in [4.78, 5) is 8.89. The van der Waals surface area contributed by atoms with Gasteiger partial charge in [-0.05, 0) is 25.0 Å². The molecule has 3 aromatic rings. The first-order valence-electron chi connectivity index (χ1n) is 7.78. The van der Waals surface area contributed by atoms with Crippen molar-refractivity contribution < 1.29 is 8.78 Å². The number of hydrogen-bond acceptors (Lipinski definition) is 4. The maximum Gasteiger partial charge on any atom is 0.298 e. The summed E-state index contributed by atoms with van der Waals surface area (Å²) < 4.78 is 29.6. The van der Waals surface area contributed by atoms with Crippen molar-refractivity contribution in [3.63, 3.8) is 0 Å². The Labute approximate surface area is 136 Å².